The number of anilines is 1. The van der Waals surface area contributed by atoms with Crippen molar-refractivity contribution in [3.05, 3.63) is 48.3 Å². The third-order valence-electron chi connectivity index (χ3n) is 2.79. The van der Waals surface area contributed by atoms with Gasteiger partial charge in [-0.3, -0.25) is 4.79 Å². The number of fused-ring (bicyclic) bond motifs is 1. The first kappa shape index (κ1) is 10.8. The third kappa shape index (κ3) is 1.93. The summed E-state index contributed by atoms with van der Waals surface area (Å²) in [6.07, 6.45) is 0. The van der Waals surface area contributed by atoms with Crippen LogP contribution in [0.3, 0.4) is 0 Å². The van der Waals surface area contributed by atoms with Crippen LogP contribution in [0.2, 0.25) is 0 Å². The lowest BCUT2D eigenvalue weighted by molar-refractivity contribution is -0.118. The highest BCUT2D eigenvalue weighted by atomic mass is 19.1. The lowest BCUT2D eigenvalue weighted by atomic mass is 10.0. The van der Waals surface area contributed by atoms with Crippen LogP contribution in [0, 0.1) is 5.82 Å². The van der Waals surface area contributed by atoms with Crippen molar-refractivity contribution in [1.82, 2.24) is 0 Å². The molecule has 0 saturated heterocycles. The van der Waals surface area contributed by atoms with E-state index in [1.807, 2.05) is 12.1 Å². The Balaban J connectivity index is 1.99. The van der Waals surface area contributed by atoms with Crippen LogP contribution in [0.25, 0.3) is 11.1 Å². The molecule has 1 N–H and O–H groups in total. The van der Waals surface area contributed by atoms with Crippen LogP contribution in [0.1, 0.15) is 0 Å². The van der Waals surface area contributed by atoms with Crippen molar-refractivity contribution < 1.29 is 13.9 Å². The first-order valence-corrected chi connectivity index (χ1v) is 5.55. The predicted molar refractivity (Wildman–Crippen MR) is 66.0 cm³/mol. The van der Waals surface area contributed by atoms with E-state index in [0.717, 1.165) is 11.1 Å². The van der Waals surface area contributed by atoms with E-state index < -0.39 is 0 Å². The Labute approximate surface area is 103 Å². The third-order valence-corrected chi connectivity index (χ3v) is 2.79. The smallest absolute Gasteiger partial charge is 0.262 e. The standard InChI is InChI=1S/C14H10FNO2/c15-11-4-1-9(2-5-11)10-3-6-12-13(7-10)18-8-14(17)16-12/h1-7H,8H2,(H,16,17). The normalized spacial score (nSPS) is 13.5. The number of ether oxygens (including phenoxy) is 1. The van der Waals surface area contributed by atoms with Crippen LogP contribution in [-0.4, -0.2) is 12.5 Å². The zero-order valence-corrected chi connectivity index (χ0v) is 9.44. The summed E-state index contributed by atoms with van der Waals surface area (Å²) in [7, 11) is 0. The highest BCUT2D eigenvalue weighted by Crippen LogP contribution is 2.32. The van der Waals surface area contributed by atoms with Crippen molar-refractivity contribution in [3.8, 4) is 16.9 Å². The maximum atomic E-state index is 12.8. The molecule has 0 radical (unpaired) electrons. The summed E-state index contributed by atoms with van der Waals surface area (Å²) in [4.78, 5) is 11.1. The zero-order chi connectivity index (χ0) is 12.5. The van der Waals surface area contributed by atoms with E-state index in [1.54, 1.807) is 18.2 Å². The summed E-state index contributed by atoms with van der Waals surface area (Å²) in [5.74, 6) is 0.216. The molecule has 3 nitrogen and oxygen atoms in total. The monoisotopic (exact) mass is 243 g/mol. The van der Waals surface area contributed by atoms with E-state index in [2.05, 4.69) is 5.32 Å². The Hall–Kier alpha value is -2.36. The number of nitrogens with one attached hydrogen (secondary N) is 1. The molecular formula is C14H10FNO2. The van der Waals surface area contributed by atoms with Crippen LogP contribution >= 0.6 is 0 Å². The molecule has 0 aliphatic carbocycles. The van der Waals surface area contributed by atoms with Gasteiger partial charge in [-0.1, -0.05) is 18.2 Å². The lowest BCUT2D eigenvalue weighted by Crippen LogP contribution is -2.25. The second kappa shape index (κ2) is 4.14. The van der Waals surface area contributed by atoms with Crippen LogP contribution in [0.4, 0.5) is 10.1 Å². The number of carbonyl (C=O) groups is 1. The van der Waals surface area contributed by atoms with Crippen molar-refractivity contribution in [3.63, 3.8) is 0 Å². The molecule has 0 fully saturated rings. The van der Waals surface area contributed by atoms with Crippen molar-refractivity contribution >= 4 is 11.6 Å². The van der Waals surface area contributed by atoms with Gasteiger partial charge >= 0.3 is 0 Å². The van der Waals surface area contributed by atoms with Gasteiger partial charge in [-0.15, -0.1) is 0 Å². The Morgan fingerprint density at radius 1 is 1.06 bits per heavy atom. The van der Waals surface area contributed by atoms with E-state index in [-0.39, 0.29) is 18.3 Å². The maximum Gasteiger partial charge on any atom is 0.262 e. The molecule has 0 saturated carbocycles. The van der Waals surface area contributed by atoms with Crippen molar-refractivity contribution in [2.75, 3.05) is 11.9 Å². The van der Waals surface area contributed by atoms with Gasteiger partial charge in [0.2, 0.25) is 0 Å². The van der Waals surface area contributed by atoms with Gasteiger partial charge in [0.1, 0.15) is 11.6 Å². The highest BCUT2D eigenvalue weighted by molar-refractivity contribution is 5.95. The first-order valence-electron chi connectivity index (χ1n) is 5.55. The summed E-state index contributed by atoms with van der Waals surface area (Å²) in [5.41, 5.74) is 2.49. The van der Waals surface area contributed by atoms with E-state index >= 15 is 0 Å². The fourth-order valence-corrected chi connectivity index (χ4v) is 1.90. The Morgan fingerprint density at radius 2 is 1.78 bits per heavy atom. The number of benzene rings is 2. The lowest BCUT2D eigenvalue weighted by Gasteiger charge is -2.18. The van der Waals surface area contributed by atoms with E-state index in [0.29, 0.717) is 11.4 Å². The number of rotatable bonds is 1. The van der Waals surface area contributed by atoms with Crippen molar-refractivity contribution in [2.45, 2.75) is 0 Å². The molecule has 0 aromatic heterocycles. The van der Waals surface area contributed by atoms with Crippen LogP contribution in [0.5, 0.6) is 5.75 Å². The minimum absolute atomic E-state index is 0.0276. The molecule has 4 heteroatoms. The predicted octanol–water partition coefficient (Wildman–Crippen LogP) is 2.82. The second-order valence-electron chi connectivity index (χ2n) is 4.05. The van der Waals surface area contributed by atoms with Gasteiger partial charge < -0.3 is 10.1 Å². The summed E-state index contributed by atoms with van der Waals surface area (Å²) in [5, 5.41) is 2.72. The average molecular weight is 243 g/mol. The van der Waals surface area contributed by atoms with Crippen LogP contribution < -0.4 is 10.1 Å². The number of hydrogen-bond acceptors (Lipinski definition) is 2. The van der Waals surface area contributed by atoms with Gasteiger partial charge in [0, 0.05) is 0 Å². The molecule has 1 heterocycles. The number of halogens is 1. The topological polar surface area (TPSA) is 38.3 Å². The molecule has 0 atom stereocenters. The largest absolute Gasteiger partial charge is 0.482 e. The van der Waals surface area contributed by atoms with Gasteiger partial charge in [-0.25, -0.2) is 4.39 Å². The molecule has 2 aromatic carbocycles. The van der Waals surface area contributed by atoms with Gasteiger partial charge in [0.05, 0.1) is 5.69 Å². The molecule has 1 aliphatic heterocycles. The Morgan fingerprint density at radius 3 is 2.56 bits per heavy atom. The summed E-state index contributed by atoms with van der Waals surface area (Å²) >= 11 is 0. The summed E-state index contributed by atoms with van der Waals surface area (Å²) in [6, 6.07) is 11.7. The van der Waals surface area contributed by atoms with E-state index in [4.69, 9.17) is 4.74 Å². The van der Waals surface area contributed by atoms with Gasteiger partial charge in [0.25, 0.3) is 5.91 Å². The van der Waals surface area contributed by atoms with Crippen LogP contribution in [0.15, 0.2) is 42.5 Å². The average Bonchev–Trinajstić information content (AvgIpc) is 2.39. The minimum atomic E-state index is -0.264. The molecule has 0 spiro atoms. The van der Waals surface area contributed by atoms with Gasteiger partial charge in [-0.05, 0) is 35.4 Å². The second-order valence-corrected chi connectivity index (χ2v) is 4.05. The molecule has 2 aromatic rings. The number of amides is 1. The molecule has 18 heavy (non-hydrogen) atoms. The van der Waals surface area contributed by atoms with Gasteiger partial charge in [-0.2, -0.15) is 0 Å². The Kier molecular flexibility index (Phi) is 2.48. The fourth-order valence-electron chi connectivity index (χ4n) is 1.90. The maximum absolute atomic E-state index is 12.8. The summed E-state index contributed by atoms with van der Waals surface area (Å²) in [6.45, 7) is 0.0276. The van der Waals surface area contributed by atoms with E-state index in [1.165, 1.54) is 12.1 Å². The highest BCUT2D eigenvalue weighted by Gasteiger charge is 2.16. The number of hydrogen-bond donors (Lipinski definition) is 1. The molecular weight excluding hydrogens is 233 g/mol. The molecule has 1 amide bonds. The molecule has 0 bridgehead atoms. The quantitative estimate of drug-likeness (QED) is 0.836. The molecule has 0 unspecified atom stereocenters. The molecule has 1 aliphatic rings. The molecule has 3 rings (SSSR count). The first-order chi connectivity index (χ1) is 8.72. The van der Waals surface area contributed by atoms with E-state index in [9.17, 15) is 9.18 Å². The summed E-state index contributed by atoms with van der Waals surface area (Å²) < 4.78 is 18.2. The van der Waals surface area contributed by atoms with Crippen LogP contribution in [-0.2, 0) is 4.79 Å². The fraction of sp³-hybridized carbons (Fsp3) is 0.0714. The van der Waals surface area contributed by atoms with Gasteiger partial charge in [0.15, 0.2) is 6.61 Å². The number of carbonyl (C=O) groups excluding carboxylic acids is 1. The minimum Gasteiger partial charge on any atom is -0.482 e. The Bertz CT molecular complexity index is 608. The van der Waals surface area contributed by atoms with Crippen molar-refractivity contribution in [1.29, 1.82) is 0 Å². The zero-order valence-electron chi connectivity index (χ0n) is 9.44. The van der Waals surface area contributed by atoms with Crippen molar-refractivity contribution in [2.24, 2.45) is 0 Å². The molecule has 90 valence electrons. The SMILES string of the molecule is O=C1COc2cc(-c3ccc(F)cc3)ccc2N1.